The van der Waals surface area contributed by atoms with Gasteiger partial charge in [-0.1, -0.05) is 29.8 Å². The Bertz CT molecular complexity index is 384. The Balaban J connectivity index is 1.87. The first-order chi connectivity index (χ1) is 7.75. The SMILES string of the molecule is Cc1cccc(CCC(N)C2=CCCO2)c1. The minimum Gasteiger partial charge on any atom is -0.496 e. The highest BCUT2D eigenvalue weighted by molar-refractivity contribution is 5.22. The molecule has 1 aromatic rings. The summed E-state index contributed by atoms with van der Waals surface area (Å²) >= 11 is 0. The average Bonchev–Trinajstić information content (AvgIpc) is 2.79. The Morgan fingerprint density at radius 3 is 3.00 bits per heavy atom. The second-order valence-corrected chi connectivity index (χ2v) is 4.38. The van der Waals surface area contributed by atoms with E-state index in [0.717, 1.165) is 31.6 Å². The molecule has 16 heavy (non-hydrogen) atoms. The van der Waals surface area contributed by atoms with Crippen molar-refractivity contribution in [3.05, 3.63) is 47.2 Å². The summed E-state index contributed by atoms with van der Waals surface area (Å²) in [6, 6.07) is 8.65. The third-order valence-electron chi connectivity index (χ3n) is 2.92. The van der Waals surface area contributed by atoms with Crippen LogP contribution in [0.4, 0.5) is 0 Å². The highest BCUT2D eigenvalue weighted by Gasteiger charge is 2.14. The molecule has 0 amide bonds. The standard InChI is InChI=1S/C14H19NO/c1-11-4-2-5-12(10-11)7-8-13(15)14-6-3-9-16-14/h2,4-6,10,13H,3,7-9,15H2,1H3. The smallest absolute Gasteiger partial charge is 0.109 e. The van der Waals surface area contributed by atoms with E-state index in [-0.39, 0.29) is 6.04 Å². The number of hydrogen-bond donors (Lipinski definition) is 1. The molecule has 2 nitrogen and oxygen atoms in total. The first-order valence-electron chi connectivity index (χ1n) is 5.89. The Kier molecular flexibility index (Phi) is 3.62. The molecule has 2 N–H and O–H groups in total. The molecule has 1 atom stereocenters. The molecule has 1 unspecified atom stereocenters. The van der Waals surface area contributed by atoms with Crippen molar-refractivity contribution in [2.75, 3.05) is 6.61 Å². The van der Waals surface area contributed by atoms with Crippen LogP contribution in [0, 0.1) is 6.92 Å². The Morgan fingerprint density at radius 2 is 2.31 bits per heavy atom. The largest absolute Gasteiger partial charge is 0.496 e. The van der Waals surface area contributed by atoms with Crippen LogP contribution in [0.3, 0.4) is 0 Å². The summed E-state index contributed by atoms with van der Waals surface area (Å²) in [5.41, 5.74) is 8.73. The monoisotopic (exact) mass is 217 g/mol. The second-order valence-electron chi connectivity index (χ2n) is 4.38. The van der Waals surface area contributed by atoms with Crippen molar-refractivity contribution in [2.24, 2.45) is 5.73 Å². The van der Waals surface area contributed by atoms with Gasteiger partial charge in [0.15, 0.2) is 0 Å². The first-order valence-corrected chi connectivity index (χ1v) is 5.89. The molecule has 1 aromatic carbocycles. The number of rotatable bonds is 4. The van der Waals surface area contributed by atoms with E-state index in [2.05, 4.69) is 37.3 Å². The Morgan fingerprint density at radius 1 is 1.44 bits per heavy atom. The third kappa shape index (κ3) is 2.86. The molecule has 0 spiro atoms. The van der Waals surface area contributed by atoms with Gasteiger partial charge in [0.05, 0.1) is 12.6 Å². The average molecular weight is 217 g/mol. The zero-order chi connectivity index (χ0) is 11.4. The van der Waals surface area contributed by atoms with Gasteiger partial charge < -0.3 is 10.5 Å². The van der Waals surface area contributed by atoms with Gasteiger partial charge in [-0.05, 0) is 31.4 Å². The lowest BCUT2D eigenvalue weighted by atomic mass is 10.0. The number of aryl methyl sites for hydroxylation is 2. The molecule has 0 aromatic heterocycles. The molecule has 1 aliphatic rings. The summed E-state index contributed by atoms with van der Waals surface area (Å²) in [5, 5.41) is 0. The van der Waals surface area contributed by atoms with Crippen LogP contribution < -0.4 is 5.73 Å². The lowest BCUT2D eigenvalue weighted by molar-refractivity contribution is 0.222. The molecule has 0 saturated heterocycles. The fourth-order valence-electron chi connectivity index (χ4n) is 2.03. The van der Waals surface area contributed by atoms with Crippen LogP contribution in [0.25, 0.3) is 0 Å². The van der Waals surface area contributed by atoms with Crippen LogP contribution in [0.5, 0.6) is 0 Å². The van der Waals surface area contributed by atoms with E-state index in [1.54, 1.807) is 0 Å². The van der Waals surface area contributed by atoms with Crippen LogP contribution in [0.15, 0.2) is 36.1 Å². The van der Waals surface area contributed by atoms with Gasteiger partial charge >= 0.3 is 0 Å². The van der Waals surface area contributed by atoms with Gasteiger partial charge in [0.2, 0.25) is 0 Å². The molecule has 0 radical (unpaired) electrons. The van der Waals surface area contributed by atoms with Crippen molar-refractivity contribution in [3.63, 3.8) is 0 Å². The number of hydrogen-bond acceptors (Lipinski definition) is 2. The van der Waals surface area contributed by atoms with Crippen molar-refractivity contribution in [1.29, 1.82) is 0 Å². The zero-order valence-corrected chi connectivity index (χ0v) is 9.78. The number of benzene rings is 1. The zero-order valence-electron chi connectivity index (χ0n) is 9.78. The third-order valence-corrected chi connectivity index (χ3v) is 2.92. The van der Waals surface area contributed by atoms with Gasteiger partial charge in [-0.3, -0.25) is 0 Å². The van der Waals surface area contributed by atoms with Gasteiger partial charge in [0.1, 0.15) is 5.76 Å². The minimum atomic E-state index is 0.0583. The topological polar surface area (TPSA) is 35.2 Å². The summed E-state index contributed by atoms with van der Waals surface area (Å²) in [6.07, 6.45) is 5.09. The molecule has 1 aliphatic heterocycles. The van der Waals surface area contributed by atoms with E-state index < -0.39 is 0 Å². The van der Waals surface area contributed by atoms with Crippen molar-refractivity contribution >= 4 is 0 Å². The second kappa shape index (κ2) is 5.17. The van der Waals surface area contributed by atoms with E-state index in [1.807, 2.05) is 0 Å². The predicted octanol–water partition coefficient (Wildman–Crippen LogP) is 2.56. The molecule has 86 valence electrons. The van der Waals surface area contributed by atoms with Crippen LogP contribution in [-0.4, -0.2) is 12.6 Å². The fourth-order valence-corrected chi connectivity index (χ4v) is 2.03. The molecule has 0 saturated carbocycles. The lowest BCUT2D eigenvalue weighted by Gasteiger charge is -2.13. The highest BCUT2D eigenvalue weighted by Crippen LogP contribution is 2.16. The molecule has 1 heterocycles. The number of ether oxygens (including phenoxy) is 1. The minimum absolute atomic E-state index is 0.0583. The van der Waals surface area contributed by atoms with Crippen LogP contribution in [-0.2, 0) is 11.2 Å². The van der Waals surface area contributed by atoms with E-state index in [1.165, 1.54) is 11.1 Å². The summed E-state index contributed by atoms with van der Waals surface area (Å²) in [5.74, 6) is 0.979. The maximum Gasteiger partial charge on any atom is 0.109 e. The molecule has 0 fully saturated rings. The summed E-state index contributed by atoms with van der Waals surface area (Å²) in [4.78, 5) is 0. The summed E-state index contributed by atoms with van der Waals surface area (Å²) in [7, 11) is 0. The maximum absolute atomic E-state index is 6.07. The van der Waals surface area contributed by atoms with Crippen LogP contribution in [0.2, 0.25) is 0 Å². The highest BCUT2D eigenvalue weighted by atomic mass is 16.5. The summed E-state index contributed by atoms with van der Waals surface area (Å²) < 4.78 is 5.46. The normalized spacial score (nSPS) is 16.8. The van der Waals surface area contributed by atoms with E-state index in [4.69, 9.17) is 10.5 Å². The van der Waals surface area contributed by atoms with Crippen molar-refractivity contribution < 1.29 is 4.74 Å². The summed E-state index contributed by atoms with van der Waals surface area (Å²) in [6.45, 7) is 2.92. The van der Waals surface area contributed by atoms with Crippen molar-refractivity contribution in [1.82, 2.24) is 0 Å². The first kappa shape index (κ1) is 11.2. The van der Waals surface area contributed by atoms with Crippen molar-refractivity contribution in [3.8, 4) is 0 Å². The quantitative estimate of drug-likeness (QED) is 0.841. The van der Waals surface area contributed by atoms with Gasteiger partial charge in [0.25, 0.3) is 0 Å². The molecular formula is C14H19NO. The molecule has 0 aliphatic carbocycles. The predicted molar refractivity (Wildman–Crippen MR) is 66.1 cm³/mol. The number of nitrogens with two attached hydrogens (primary N) is 1. The Hall–Kier alpha value is -1.28. The van der Waals surface area contributed by atoms with Gasteiger partial charge in [0, 0.05) is 6.42 Å². The van der Waals surface area contributed by atoms with Crippen LogP contribution in [0.1, 0.15) is 24.0 Å². The van der Waals surface area contributed by atoms with E-state index in [0.29, 0.717) is 0 Å². The fraction of sp³-hybridized carbons (Fsp3) is 0.429. The molecule has 2 rings (SSSR count). The Labute approximate surface area is 97.1 Å². The molecular weight excluding hydrogens is 198 g/mol. The maximum atomic E-state index is 6.07. The van der Waals surface area contributed by atoms with Gasteiger partial charge in [-0.2, -0.15) is 0 Å². The van der Waals surface area contributed by atoms with Crippen molar-refractivity contribution in [2.45, 2.75) is 32.2 Å². The lowest BCUT2D eigenvalue weighted by Crippen LogP contribution is -2.23. The van der Waals surface area contributed by atoms with Gasteiger partial charge in [-0.25, -0.2) is 0 Å². The van der Waals surface area contributed by atoms with E-state index in [9.17, 15) is 0 Å². The van der Waals surface area contributed by atoms with Crippen LogP contribution >= 0.6 is 0 Å². The molecule has 0 bridgehead atoms. The van der Waals surface area contributed by atoms with Gasteiger partial charge in [-0.15, -0.1) is 0 Å². The molecule has 2 heteroatoms. The van der Waals surface area contributed by atoms with E-state index >= 15 is 0 Å².